The Labute approximate surface area is 175 Å². The molecule has 1 aromatic carbocycles. The average molecular weight is 421 g/mol. The van der Waals surface area contributed by atoms with Crippen LogP contribution in [0.4, 0.5) is 25.4 Å². The third-order valence-electron chi connectivity index (χ3n) is 6.14. The van der Waals surface area contributed by atoms with Gasteiger partial charge in [-0.05, 0) is 24.1 Å². The fraction of sp³-hybridized carbons (Fsp3) is 0.600. The van der Waals surface area contributed by atoms with E-state index in [-0.39, 0.29) is 25.2 Å². The van der Waals surface area contributed by atoms with Crippen molar-refractivity contribution in [2.45, 2.75) is 19.1 Å². The standard InChI is InChI=1S/C20H28FN5O4/c1-13-7-24(9-18(13)25-11-22(2)19(28)23(3)12-25)17-5-4-14(6-16(17)21)26-8-15(10-27)30-20(26)29/h4-6,13,15,18,27H,7-12H2,1-3H3/t13?,15-,18?/m1/s1. The monoisotopic (exact) mass is 421 g/mol. The number of carbonyl (C=O) groups excluding carboxylic acids is 2. The van der Waals surface area contributed by atoms with E-state index in [2.05, 4.69) is 11.8 Å². The molecule has 0 radical (unpaired) electrons. The molecule has 0 spiro atoms. The minimum absolute atomic E-state index is 0.000680. The second-order valence-corrected chi connectivity index (χ2v) is 8.43. The summed E-state index contributed by atoms with van der Waals surface area (Å²) < 4.78 is 20.0. The zero-order valence-corrected chi connectivity index (χ0v) is 17.5. The van der Waals surface area contributed by atoms with Gasteiger partial charge in [0, 0.05) is 33.2 Å². The molecule has 30 heavy (non-hydrogen) atoms. The van der Waals surface area contributed by atoms with Crippen LogP contribution in [0.3, 0.4) is 0 Å². The van der Waals surface area contributed by atoms with Crippen LogP contribution in [0.15, 0.2) is 18.2 Å². The molecule has 1 N–H and O–H groups in total. The lowest BCUT2D eigenvalue weighted by Crippen LogP contribution is -2.59. The number of hydrogen-bond acceptors (Lipinski definition) is 6. The van der Waals surface area contributed by atoms with Crippen molar-refractivity contribution in [2.75, 3.05) is 63.5 Å². The summed E-state index contributed by atoms with van der Waals surface area (Å²) in [6.07, 6.45) is -1.17. The molecule has 3 atom stereocenters. The molecule has 3 aliphatic rings. The number of amides is 3. The fourth-order valence-electron chi connectivity index (χ4n) is 4.58. The van der Waals surface area contributed by atoms with Crippen LogP contribution in [-0.2, 0) is 4.74 Å². The van der Waals surface area contributed by atoms with Gasteiger partial charge >= 0.3 is 12.1 Å². The van der Waals surface area contributed by atoms with Crippen LogP contribution in [0, 0.1) is 11.7 Å². The molecule has 0 aromatic heterocycles. The van der Waals surface area contributed by atoms with Crippen LogP contribution in [0.5, 0.6) is 0 Å². The first-order valence-electron chi connectivity index (χ1n) is 10.1. The maximum Gasteiger partial charge on any atom is 0.414 e. The zero-order valence-electron chi connectivity index (χ0n) is 17.5. The SMILES string of the molecule is CC1CN(c2ccc(N3C[C@H](CO)OC3=O)cc2F)CC1N1CN(C)C(=O)N(C)C1. The topological polar surface area (TPSA) is 79.8 Å². The Morgan fingerprint density at radius 1 is 1.13 bits per heavy atom. The van der Waals surface area contributed by atoms with E-state index in [0.717, 1.165) is 0 Å². The van der Waals surface area contributed by atoms with E-state index >= 15 is 0 Å². The zero-order chi connectivity index (χ0) is 21.6. The van der Waals surface area contributed by atoms with Crippen LogP contribution < -0.4 is 9.80 Å². The lowest BCUT2D eigenvalue weighted by atomic mass is 10.1. The summed E-state index contributed by atoms with van der Waals surface area (Å²) in [4.78, 5) is 32.9. The molecular formula is C20H28FN5O4. The summed E-state index contributed by atoms with van der Waals surface area (Å²) in [6.45, 7) is 4.55. The number of rotatable bonds is 4. The number of nitrogens with zero attached hydrogens (tertiary/aromatic N) is 5. The Bertz CT molecular complexity index is 825. The Morgan fingerprint density at radius 2 is 1.83 bits per heavy atom. The second kappa shape index (κ2) is 7.92. The lowest BCUT2D eigenvalue weighted by molar-refractivity contribution is 0.0233. The molecule has 0 aliphatic carbocycles. The number of cyclic esters (lactones) is 1. The van der Waals surface area contributed by atoms with E-state index in [1.165, 1.54) is 11.0 Å². The first-order valence-corrected chi connectivity index (χ1v) is 10.1. The van der Waals surface area contributed by atoms with E-state index in [4.69, 9.17) is 4.74 Å². The highest BCUT2D eigenvalue weighted by atomic mass is 19.1. The van der Waals surface area contributed by atoms with Gasteiger partial charge in [-0.25, -0.2) is 14.0 Å². The Kier molecular flexibility index (Phi) is 5.46. The van der Waals surface area contributed by atoms with E-state index in [0.29, 0.717) is 43.7 Å². The Balaban J connectivity index is 1.47. The molecule has 2 unspecified atom stereocenters. The van der Waals surface area contributed by atoms with Gasteiger partial charge in [-0.3, -0.25) is 9.80 Å². The summed E-state index contributed by atoms with van der Waals surface area (Å²) in [5.41, 5.74) is 0.910. The molecule has 3 aliphatic heterocycles. The fourth-order valence-corrected chi connectivity index (χ4v) is 4.58. The minimum atomic E-state index is -0.590. The van der Waals surface area contributed by atoms with Crippen molar-refractivity contribution in [1.29, 1.82) is 0 Å². The number of urea groups is 1. The molecule has 10 heteroatoms. The van der Waals surface area contributed by atoms with E-state index in [1.54, 1.807) is 36.0 Å². The summed E-state index contributed by atoms with van der Waals surface area (Å²) in [6, 6.07) is 4.94. The van der Waals surface area contributed by atoms with Crippen LogP contribution in [-0.4, -0.2) is 97.8 Å². The summed E-state index contributed by atoms with van der Waals surface area (Å²) >= 11 is 0. The quantitative estimate of drug-likeness (QED) is 0.787. The molecule has 3 saturated heterocycles. The van der Waals surface area contributed by atoms with Gasteiger partial charge in [0.05, 0.1) is 37.9 Å². The van der Waals surface area contributed by atoms with Crippen molar-refractivity contribution < 1.29 is 23.8 Å². The predicted molar refractivity (Wildman–Crippen MR) is 109 cm³/mol. The number of benzene rings is 1. The Morgan fingerprint density at radius 3 is 2.43 bits per heavy atom. The first kappa shape index (κ1) is 20.7. The minimum Gasteiger partial charge on any atom is -0.441 e. The Hall–Kier alpha value is -2.59. The molecular weight excluding hydrogens is 393 g/mol. The molecule has 3 amide bonds. The molecule has 9 nitrogen and oxygen atoms in total. The van der Waals surface area contributed by atoms with Gasteiger partial charge in [0.15, 0.2) is 0 Å². The van der Waals surface area contributed by atoms with Crippen LogP contribution in [0.2, 0.25) is 0 Å². The van der Waals surface area contributed by atoms with Gasteiger partial charge in [-0.2, -0.15) is 0 Å². The average Bonchev–Trinajstić information content (AvgIpc) is 3.28. The van der Waals surface area contributed by atoms with Crippen molar-refractivity contribution in [3.63, 3.8) is 0 Å². The maximum absolute atomic E-state index is 15.0. The molecule has 1 aromatic rings. The molecule has 0 bridgehead atoms. The number of hydrogen-bond donors (Lipinski definition) is 1. The highest BCUT2D eigenvalue weighted by Crippen LogP contribution is 2.32. The van der Waals surface area contributed by atoms with E-state index in [1.807, 2.05) is 4.90 Å². The second-order valence-electron chi connectivity index (χ2n) is 8.43. The van der Waals surface area contributed by atoms with E-state index in [9.17, 15) is 19.1 Å². The number of ether oxygens (including phenoxy) is 1. The summed E-state index contributed by atoms with van der Waals surface area (Å²) in [7, 11) is 3.57. The van der Waals surface area contributed by atoms with Gasteiger partial charge in [-0.15, -0.1) is 0 Å². The highest BCUT2D eigenvalue weighted by Gasteiger charge is 2.39. The van der Waals surface area contributed by atoms with Crippen LogP contribution >= 0.6 is 0 Å². The molecule has 4 rings (SSSR count). The number of aliphatic hydroxyl groups excluding tert-OH is 1. The normalized spacial score (nSPS) is 28.0. The van der Waals surface area contributed by atoms with Crippen LogP contribution in [0.1, 0.15) is 6.92 Å². The van der Waals surface area contributed by atoms with Gasteiger partial charge in [0.25, 0.3) is 0 Å². The van der Waals surface area contributed by atoms with Crippen molar-refractivity contribution >= 4 is 23.5 Å². The molecule has 3 heterocycles. The number of halogens is 1. The van der Waals surface area contributed by atoms with E-state index < -0.39 is 18.0 Å². The molecule has 164 valence electrons. The van der Waals surface area contributed by atoms with Crippen LogP contribution in [0.25, 0.3) is 0 Å². The largest absolute Gasteiger partial charge is 0.441 e. The summed E-state index contributed by atoms with van der Waals surface area (Å²) in [5, 5.41) is 9.18. The number of aliphatic hydroxyl groups is 1. The first-order chi connectivity index (χ1) is 14.3. The van der Waals surface area contributed by atoms with Crippen molar-refractivity contribution in [3.8, 4) is 0 Å². The smallest absolute Gasteiger partial charge is 0.414 e. The van der Waals surface area contributed by atoms with Crippen molar-refractivity contribution in [1.82, 2.24) is 14.7 Å². The highest BCUT2D eigenvalue weighted by molar-refractivity contribution is 5.90. The third-order valence-corrected chi connectivity index (χ3v) is 6.14. The van der Waals surface area contributed by atoms with Gasteiger partial charge < -0.3 is 24.5 Å². The van der Waals surface area contributed by atoms with Crippen molar-refractivity contribution in [3.05, 3.63) is 24.0 Å². The van der Waals surface area contributed by atoms with Gasteiger partial charge in [-0.1, -0.05) is 6.92 Å². The summed E-state index contributed by atoms with van der Waals surface area (Å²) in [5.74, 6) is -0.0957. The third kappa shape index (κ3) is 3.65. The lowest BCUT2D eigenvalue weighted by Gasteiger charge is -2.42. The van der Waals surface area contributed by atoms with Crippen molar-refractivity contribution in [2.24, 2.45) is 5.92 Å². The molecule has 3 fully saturated rings. The number of carbonyl (C=O) groups is 2. The number of anilines is 2. The predicted octanol–water partition coefficient (Wildman–Crippen LogP) is 1.18. The maximum atomic E-state index is 15.0. The molecule has 0 saturated carbocycles. The van der Waals surface area contributed by atoms with Gasteiger partial charge in [0.1, 0.15) is 11.9 Å². The van der Waals surface area contributed by atoms with Gasteiger partial charge in [0.2, 0.25) is 0 Å².